The summed E-state index contributed by atoms with van der Waals surface area (Å²) >= 11 is 0. The van der Waals surface area contributed by atoms with E-state index in [1.165, 1.54) is 13.2 Å². The summed E-state index contributed by atoms with van der Waals surface area (Å²) in [5.74, 6) is 0.0871. The molecule has 0 aromatic heterocycles. The van der Waals surface area contributed by atoms with Crippen LogP contribution in [0.25, 0.3) is 0 Å². The quantitative estimate of drug-likeness (QED) is 0.633. The lowest BCUT2D eigenvalue weighted by atomic mass is 9.96. The summed E-state index contributed by atoms with van der Waals surface area (Å²) in [7, 11) is 0. The van der Waals surface area contributed by atoms with Crippen LogP contribution in [0.15, 0.2) is 12.3 Å². The van der Waals surface area contributed by atoms with Crippen LogP contribution in [0.3, 0.4) is 0 Å². The van der Waals surface area contributed by atoms with Gasteiger partial charge in [-0.2, -0.15) is 0 Å². The number of hydrogen-bond donors (Lipinski definition) is 0. The molecule has 0 saturated heterocycles. The van der Waals surface area contributed by atoms with Gasteiger partial charge in [0.1, 0.15) is 12.4 Å². The molecule has 0 amide bonds. The fraction of sp³-hybridized carbons (Fsp3) is 0.556. The number of carbonyl (C=O) groups is 2. The number of ether oxygens (including phenoxy) is 1. The maximum atomic E-state index is 11.1. The van der Waals surface area contributed by atoms with Gasteiger partial charge < -0.3 is 9.53 Å². The molecule has 1 heterocycles. The second kappa shape index (κ2) is 4.04. The number of hydrogen-bond acceptors (Lipinski definition) is 3. The average molecular weight is 168 g/mol. The number of ketones is 2. The van der Waals surface area contributed by atoms with Crippen molar-refractivity contribution in [1.82, 2.24) is 0 Å². The monoisotopic (exact) mass is 168 g/mol. The van der Waals surface area contributed by atoms with Gasteiger partial charge in [0.2, 0.25) is 0 Å². The Morgan fingerprint density at radius 3 is 3.08 bits per heavy atom. The first kappa shape index (κ1) is 8.97. The van der Waals surface area contributed by atoms with Gasteiger partial charge in [-0.25, -0.2) is 0 Å². The molecule has 0 N–H and O–H groups in total. The summed E-state index contributed by atoms with van der Waals surface area (Å²) in [5, 5.41) is 0. The molecule has 0 radical (unpaired) electrons. The Bertz CT molecular complexity index is 218. The second-order valence-corrected chi connectivity index (χ2v) is 2.95. The summed E-state index contributed by atoms with van der Waals surface area (Å²) in [6.45, 7) is 1.69. The zero-order valence-corrected chi connectivity index (χ0v) is 7.08. The lowest BCUT2D eigenvalue weighted by Gasteiger charge is -2.14. The van der Waals surface area contributed by atoms with Crippen molar-refractivity contribution >= 4 is 11.6 Å². The maximum Gasteiger partial charge on any atom is 0.177 e. The molecule has 3 nitrogen and oxygen atoms in total. The minimum atomic E-state index is -0.109. The number of Topliss-reactive ketones (excluding diaryl/α,β-unsaturated/α-hetero) is 2. The summed E-state index contributed by atoms with van der Waals surface area (Å²) in [4.78, 5) is 21.7. The van der Waals surface area contributed by atoms with Crippen molar-refractivity contribution < 1.29 is 14.3 Å². The van der Waals surface area contributed by atoms with Crippen LogP contribution in [0, 0.1) is 5.92 Å². The first-order chi connectivity index (χ1) is 5.70. The van der Waals surface area contributed by atoms with E-state index in [1.54, 1.807) is 6.08 Å². The average Bonchev–Trinajstić information content (AvgIpc) is 2.03. The first-order valence-electron chi connectivity index (χ1n) is 4.00. The molecular weight excluding hydrogens is 156 g/mol. The van der Waals surface area contributed by atoms with Gasteiger partial charge in [0.25, 0.3) is 0 Å². The highest BCUT2D eigenvalue weighted by Crippen LogP contribution is 2.13. The van der Waals surface area contributed by atoms with E-state index >= 15 is 0 Å². The van der Waals surface area contributed by atoms with Gasteiger partial charge in [-0.3, -0.25) is 4.79 Å². The van der Waals surface area contributed by atoms with Crippen molar-refractivity contribution in [2.24, 2.45) is 5.92 Å². The fourth-order valence-electron chi connectivity index (χ4n) is 1.11. The molecule has 3 heteroatoms. The van der Waals surface area contributed by atoms with E-state index in [-0.39, 0.29) is 24.1 Å². The maximum absolute atomic E-state index is 11.1. The summed E-state index contributed by atoms with van der Waals surface area (Å²) in [5.41, 5.74) is 0. The molecule has 0 fully saturated rings. The van der Waals surface area contributed by atoms with Gasteiger partial charge in [0.05, 0.1) is 6.26 Å². The van der Waals surface area contributed by atoms with E-state index in [4.69, 9.17) is 4.74 Å². The van der Waals surface area contributed by atoms with Crippen LogP contribution < -0.4 is 0 Å². The summed E-state index contributed by atoms with van der Waals surface area (Å²) < 4.78 is 4.80. The van der Waals surface area contributed by atoms with Crippen molar-refractivity contribution in [3.63, 3.8) is 0 Å². The Labute approximate surface area is 71.4 Å². The Kier molecular flexibility index (Phi) is 3.02. The molecule has 0 unspecified atom stereocenters. The third kappa shape index (κ3) is 2.49. The number of allylic oxidation sites excluding steroid dienone is 1. The van der Waals surface area contributed by atoms with Crippen molar-refractivity contribution in [2.75, 3.05) is 6.61 Å². The van der Waals surface area contributed by atoms with Crippen molar-refractivity contribution in [3.8, 4) is 0 Å². The molecule has 12 heavy (non-hydrogen) atoms. The van der Waals surface area contributed by atoms with Gasteiger partial charge in [0.15, 0.2) is 5.78 Å². The lowest BCUT2D eigenvalue weighted by molar-refractivity contribution is -0.126. The number of rotatable bonds is 3. The summed E-state index contributed by atoms with van der Waals surface area (Å²) in [6, 6.07) is 0. The van der Waals surface area contributed by atoms with E-state index in [0.29, 0.717) is 12.8 Å². The van der Waals surface area contributed by atoms with Crippen LogP contribution in [0.2, 0.25) is 0 Å². The molecule has 0 spiro atoms. The van der Waals surface area contributed by atoms with E-state index in [1.807, 2.05) is 0 Å². The van der Waals surface area contributed by atoms with Crippen molar-refractivity contribution in [2.45, 2.75) is 19.8 Å². The smallest absolute Gasteiger partial charge is 0.177 e. The molecule has 1 aliphatic rings. The first-order valence-corrected chi connectivity index (χ1v) is 4.00. The highest BCUT2D eigenvalue weighted by atomic mass is 16.5. The Hall–Kier alpha value is -1.12. The standard InChI is InChI=1S/C9H12O3/c1-7(10)2-3-8-4-5-12-6-9(8)11/h4-5,8H,2-3,6H2,1H3/t8-/m1/s1. The number of carbonyl (C=O) groups excluding carboxylic acids is 2. The molecule has 0 saturated carbocycles. The highest BCUT2D eigenvalue weighted by Gasteiger charge is 2.18. The van der Waals surface area contributed by atoms with Crippen LogP contribution in [0.1, 0.15) is 19.8 Å². The molecule has 66 valence electrons. The van der Waals surface area contributed by atoms with Crippen LogP contribution >= 0.6 is 0 Å². The minimum absolute atomic E-state index is 0.0683. The highest BCUT2D eigenvalue weighted by molar-refractivity contribution is 5.85. The van der Waals surface area contributed by atoms with Crippen LogP contribution in [-0.2, 0) is 14.3 Å². The van der Waals surface area contributed by atoms with Gasteiger partial charge in [-0.05, 0) is 19.4 Å². The van der Waals surface area contributed by atoms with Gasteiger partial charge in [-0.1, -0.05) is 0 Å². The predicted octanol–water partition coefficient (Wildman–Crippen LogP) is 1.08. The minimum Gasteiger partial charge on any atom is -0.494 e. The van der Waals surface area contributed by atoms with E-state index < -0.39 is 0 Å². The normalized spacial score (nSPS) is 22.1. The van der Waals surface area contributed by atoms with Crippen molar-refractivity contribution in [3.05, 3.63) is 12.3 Å². The molecule has 0 aromatic carbocycles. The SMILES string of the molecule is CC(=O)CC[C@@H]1C=COCC1=O. The third-order valence-electron chi connectivity index (χ3n) is 1.85. The lowest BCUT2D eigenvalue weighted by Crippen LogP contribution is -2.21. The molecule has 1 aliphatic heterocycles. The molecule has 1 rings (SSSR count). The fourth-order valence-corrected chi connectivity index (χ4v) is 1.11. The van der Waals surface area contributed by atoms with E-state index in [2.05, 4.69) is 0 Å². The summed E-state index contributed by atoms with van der Waals surface area (Å²) in [6.07, 6.45) is 4.34. The molecule has 0 aromatic rings. The Balaban J connectivity index is 2.39. The molecule has 0 bridgehead atoms. The molecule has 1 atom stereocenters. The molecule has 0 aliphatic carbocycles. The van der Waals surface area contributed by atoms with E-state index in [9.17, 15) is 9.59 Å². The van der Waals surface area contributed by atoms with E-state index in [0.717, 1.165) is 0 Å². The zero-order valence-electron chi connectivity index (χ0n) is 7.08. The largest absolute Gasteiger partial charge is 0.494 e. The van der Waals surface area contributed by atoms with Crippen molar-refractivity contribution in [1.29, 1.82) is 0 Å². The zero-order chi connectivity index (χ0) is 8.97. The Morgan fingerprint density at radius 1 is 1.75 bits per heavy atom. The van der Waals surface area contributed by atoms with Crippen LogP contribution in [0.5, 0.6) is 0 Å². The topological polar surface area (TPSA) is 43.4 Å². The molecular formula is C9H12O3. The van der Waals surface area contributed by atoms with Crippen LogP contribution in [0.4, 0.5) is 0 Å². The van der Waals surface area contributed by atoms with Crippen LogP contribution in [-0.4, -0.2) is 18.2 Å². The third-order valence-corrected chi connectivity index (χ3v) is 1.85. The van der Waals surface area contributed by atoms with Gasteiger partial charge in [-0.15, -0.1) is 0 Å². The second-order valence-electron chi connectivity index (χ2n) is 2.95. The Morgan fingerprint density at radius 2 is 2.50 bits per heavy atom. The predicted molar refractivity (Wildman–Crippen MR) is 43.5 cm³/mol. The van der Waals surface area contributed by atoms with Gasteiger partial charge >= 0.3 is 0 Å². The van der Waals surface area contributed by atoms with Gasteiger partial charge in [0, 0.05) is 12.3 Å².